The lowest BCUT2D eigenvalue weighted by Gasteiger charge is -2.06. The van der Waals surface area contributed by atoms with Crippen LogP contribution in [0.4, 0.5) is 4.39 Å². The second-order valence-electron chi connectivity index (χ2n) is 3.79. The predicted octanol–water partition coefficient (Wildman–Crippen LogP) is 3.39. The molecular formula is C11H13BrFNO2S. The summed E-state index contributed by atoms with van der Waals surface area (Å²) in [5, 5.41) is 0. The second-order valence-corrected chi connectivity index (χ2v) is 6.86. The van der Waals surface area contributed by atoms with E-state index in [1.165, 1.54) is 12.1 Å². The molecule has 0 N–H and O–H groups in total. The highest BCUT2D eigenvalue weighted by Gasteiger charge is 2.16. The monoisotopic (exact) mass is 321 g/mol. The van der Waals surface area contributed by atoms with Crippen molar-refractivity contribution < 1.29 is 13.4 Å². The van der Waals surface area contributed by atoms with Crippen molar-refractivity contribution in [2.24, 2.45) is 10.3 Å². The Balaban J connectivity index is 3.26. The minimum absolute atomic E-state index is 0.234. The topological polar surface area (TPSA) is 46.5 Å². The molecule has 0 aliphatic heterocycles. The summed E-state index contributed by atoms with van der Waals surface area (Å²) in [6.45, 7) is 3.26. The summed E-state index contributed by atoms with van der Waals surface area (Å²) in [5.41, 5.74) is 0. The van der Waals surface area contributed by atoms with E-state index in [4.69, 9.17) is 0 Å². The van der Waals surface area contributed by atoms with Crippen molar-refractivity contribution in [3.8, 4) is 0 Å². The number of benzene rings is 1. The number of halogens is 2. The first-order valence-corrected chi connectivity index (χ1v) is 7.47. The maximum Gasteiger partial charge on any atom is 0.256 e. The SMILES string of the molecule is CC(C)C(=O)N=S(=O)(CF)c1ccc(Br)cc1. The molecule has 1 rings (SSSR count). The molecule has 0 saturated carbocycles. The molecule has 1 unspecified atom stereocenters. The molecule has 1 aromatic carbocycles. The van der Waals surface area contributed by atoms with Gasteiger partial charge in [0.2, 0.25) is 0 Å². The van der Waals surface area contributed by atoms with E-state index in [2.05, 4.69) is 20.3 Å². The molecule has 0 fully saturated rings. The van der Waals surface area contributed by atoms with Crippen LogP contribution in [0.3, 0.4) is 0 Å². The number of carbonyl (C=O) groups is 1. The number of rotatable bonds is 3. The van der Waals surface area contributed by atoms with E-state index in [0.717, 1.165) is 4.47 Å². The number of carbonyl (C=O) groups excluding carboxylic acids is 1. The first-order valence-electron chi connectivity index (χ1n) is 4.99. The van der Waals surface area contributed by atoms with Gasteiger partial charge in [-0.3, -0.25) is 4.79 Å². The lowest BCUT2D eigenvalue weighted by atomic mass is 10.2. The number of hydrogen-bond donors (Lipinski definition) is 0. The molecule has 0 heterocycles. The molecule has 0 aliphatic carbocycles. The molecule has 1 atom stereocenters. The molecule has 0 saturated heterocycles. The van der Waals surface area contributed by atoms with Crippen LogP contribution < -0.4 is 0 Å². The Morgan fingerprint density at radius 3 is 2.35 bits per heavy atom. The fourth-order valence-electron chi connectivity index (χ4n) is 1.04. The quantitative estimate of drug-likeness (QED) is 0.856. The van der Waals surface area contributed by atoms with Crippen LogP contribution in [0.1, 0.15) is 13.8 Å². The molecule has 17 heavy (non-hydrogen) atoms. The van der Waals surface area contributed by atoms with Crippen molar-refractivity contribution in [3.63, 3.8) is 0 Å². The molecule has 0 aliphatic rings. The first-order chi connectivity index (χ1) is 7.89. The Kier molecular flexibility index (Phi) is 4.82. The average Bonchev–Trinajstić information content (AvgIpc) is 2.29. The van der Waals surface area contributed by atoms with Crippen molar-refractivity contribution in [2.75, 3.05) is 6.01 Å². The fraction of sp³-hybridized carbons (Fsp3) is 0.364. The fourth-order valence-corrected chi connectivity index (χ4v) is 2.65. The molecule has 3 nitrogen and oxygen atoms in total. The number of hydrogen-bond acceptors (Lipinski definition) is 2. The molecule has 0 bridgehead atoms. The van der Waals surface area contributed by atoms with Gasteiger partial charge in [0, 0.05) is 10.4 Å². The van der Waals surface area contributed by atoms with Gasteiger partial charge in [-0.25, -0.2) is 8.60 Å². The molecule has 0 spiro atoms. The summed E-state index contributed by atoms with van der Waals surface area (Å²) in [4.78, 5) is 11.7. The van der Waals surface area contributed by atoms with Crippen molar-refractivity contribution in [1.82, 2.24) is 0 Å². The second kappa shape index (κ2) is 5.73. The third-order valence-corrected chi connectivity index (χ3v) is 4.37. The van der Waals surface area contributed by atoms with Crippen LogP contribution in [-0.4, -0.2) is 16.1 Å². The number of nitrogens with zero attached hydrogens (tertiary/aromatic N) is 1. The van der Waals surface area contributed by atoms with E-state index < -0.39 is 27.6 Å². The van der Waals surface area contributed by atoms with Gasteiger partial charge in [0.25, 0.3) is 5.91 Å². The van der Waals surface area contributed by atoms with Gasteiger partial charge in [0.05, 0.1) is 4.90 Å². The van der Waals surface area contributed by atoms with Gasteiger partial charge >= 0.3 is 0 Å². The highest BCUT2D eigenvalue weighted by Crippen LogP contribution is 2.19. The van der Waals surface area contributed by atoms with Crippen molar-refractivity contribution in [1.29, 1.82) is 0 Å². The van der Waals surface area contributed by atoms with E-state index in [1.54, 1.807) is 26.0 Å². The van der Waals surface area contributed by atoms with Crippen LogP contribution in [-0.2, 0) is 14.5 Å². The highest BCUT2D eigenvalue weighted by molar-refractivity contribution is 9.10. The molecule has 0 radical (unpaired) electrons. The van der Waals surface area contributed by atoms with Crippen molar-refractivity contribution in [2.45, 2.75) is 18.7 Å². The zero-order chi connectivity index (χ0) is 13.1. The van der Waals surface area contributed by atoms with Crippen LogP contribution in [0, 0.1) is 5.92 Å². The third kappa shape index (κ3) is 3.61. The van der Waals surface area contributed by atoms with Crippen LogP contribution in [0.15, 0.2) is 38.0 Å². The number of alkyl halides is 1. The van der Waals surface area contributed by atoms with Crippen LogP contribution in [0.2, 0.25) is 0 Å². The summed E-state index contributed by atoms with van der Waals surface area (Å²) in [6, 6.07) is 5.12. The average molecular weight is 322 g/mol. The van der Waals surface area contributed by atoms with Crippen molar-refractivity contribution >= 4 is 31.6 Å². The normalized spacial score (nSPS) is 14.4. The molecular weight excluding hydrogens is 309 g/mol. The summed E-state index contributed by atoms with van der Waals surface area (Å²) in [7, 11) is -3.28. The van der Waals surface area contributed by atoms with Gasteiger partial charge in [0.1, 0.15) is 9.73 Å². The van der Waals surface area contributed by atoms with Gasteiger partial charge in [-0.05, 0) is 24.3 Å². The standard InChI is InChI=1S/C11H13BrFNO2S/c1-8(2)11(15)14-17(16,7-13)10-5-3-9(12)4-6-10/h3-6,8H,7H2,1-2H3. The Bertz CT molecular complexity index is 519. The van der Waals surface area contributed by atoms with E-state index in [1.807, 2.05) is 0 Å². The van der Waals surface area contributed by atoms with Gasteiger partial charge in [0.15, 0.2) is 6.01 Å². The van der Waals surface area contributed by atoms with Crippen molar-refractivity contribution in [3.05, 3.63) is 28.7 Å². The Labute approximate surface area is 109 Å². The Morgan fingerprint density at radius 1 is 1.41 bits per heavy atom. The smallest absolute Gasteiger partial charge is 0.256 e. The van der Waals surface area contributed by atoms with Crippen LogP contribution in [0.25, 0.3) is 0 Å². The van der Waals surface area contributed by atoms with Crippen LogP contribution >= 0.6 is 15.9 Å². The molecule has 6 heteroatoms. The van der Waals surface area contributed by atoms with Gasteiger partial charge < -0.3 is 0 Å². The minimum atomic E-state index is -3.28. The van der Waals surface area contributed by atoms with Gasteiger partial charge in [-0.2, -0.15) is 4.36 Å². The maximum atomic E-state index is 12.9. The minimum Gasteiger partial charge on any atom is -0.272 e. The highest BCUT2D eigenvalue weighted by atomic mass is 79.9. The van der Waals surface area contributed by atoms with Crippen LogP contribution in [0.5, 0.6) is 0 Å². The van der Waals surface area contributed by atoms with E-state index >= 15 is 0 Å². The lowest BCUT2D eigenvalue weighted by Crippen LogP contribution is -2.10. The largest absolute Gasteiger partial charge is 0.272 e. The summed E-state index contributed by atoms with van der Waals surface area (Å²) >= 11 is 3.22. The summed E-state index contributed by atoms with van der Waals surface area (Å²) in [5.74, 6) is -0.937. The summed E-state index contributed by atoms with van der Waals surface area (Å²) in [6.07, 6.45) is 0. The predicted molar refractivity (Wildman–Crippen MR) is 68.8 cm³/mol. The third-order valence-electron chi connectivity index (χ3n) is 2.06. The van der Waals surface area contributed by atoms with E-state index in [-0.39, 0.29) is 4.90 Å². The number of amides is 1. The maximum absolute atomic E-state index is 12.9. The zero-order valence-corrected chi connectivity index (χ0v) is 11.9. The van der Waals surface area contributed by atoms with Gasteiger partial charge in [-0.15, -0.1) is 0 Å². The van der Waals surface area contributed by atoms with Gasteiger partial charge in [-0.1, -0.05) is 29.8 Å². The first kappa shape index (κ1) is 14.3. The zero-order valence-electron chi connectivity index (χ0n) is 9.52. The lowest BCUT2D eigenvalue weighted by molar-refractivity contribution is -0.120. The Morgan fingerprint density at radius 2 is 1.94 bits per heavy atom. The Hall–Kier alpha value is -0.750. The molecule has 1 amide bonds. The van der Waals surface area contributed by atoms with E-state index in [0.29, 0.717) is 0 Å². The summed E-state index contributed by atoms with van der Waals surface area (Å²) < 4.78 is 29.4. The molecule has 94 valence electrons. The van der Waals surface area contributed by atoms with E-state index in [9.17, 15) is 13.4 Å². The molecule has 1 aromatic rings. The molecule has 0 aromatic heterocycles.